The summed E-state index contributed by atoms with van der Waals surface area (Å²) < 4.78 is 0. The van der Waals surface area contributed by atoms with E-state index in [-0.39, 0.29) is 5.91 Å². The molecule has 5 nitrogen and oxygen atoms in total. The van der Waals surface area contributed by atoms with Gasteiger partial charge in [0.1, 0.15) is 10.4 Å². The Balaban J connectivity index is 2.13. The van der Waals surface area contributed by atoms with Crippen LogP contribution in [-0.4, -0.2) is 21.5 Å². The van der Waals surface area contributed by atoms with Crippen molar-refractivity contribution in [1.29, 1.82) is 5.26 Å². The van der Waals surface area contributed by atoms with E-state index in [1.54, 1.807) is 18.2 Å². The predicted molar refractivity (Wildman–Crippen MR) is 87.3 cm³/mol. The lowest BCUT2D eigenvalue weighted by atomic mass is 10.0. The second-order valence-electron chi connectivity index (χ2n) is 4.66. The zero-order valence-electron chi connectivity index (χ0n) is 12.0. The first-order valence-electron chi connectivity index (χ1n) is 6.89. The maximum absolute atomic E-state index is 12.4. The van der Waals surface area contributed by atoms with Gasteiger partial charge < -0.3 is 0 Å². The number of benzene rings is 1. The van der Waals surface area contributed by atoms with Crippen molar-refractivity contribution in [2.45, 2.75) is 31.6 Å². The Morgan fingerprint density at radius 3 is 2.95 bits per heavy atom. The fourth-order valence-corrected chi connectivity index (χ4v) is 2.94. The van der Waals surface area contributed by atoms with E-state index >= 15 is 0 Å². The number of nitriles is 1. The van der Waals surface area contributed by atoms with Crippen molar-refractivity contribution in [1.82, 2.24) is 10.2 Å². The molecule has 1 amide bonds. The second-order valence-corrected chi connectivity index (χ2v) is 6.25. The van der Waals surface area contributed by atoms with Crippen molar-refractivity contribution in [3.8, 4) is 6.07 Å². The molecule has 0 saturated heterocycles. The minimum absolute atomic E-state index is 0.267. The summed E-state index contributed by atoms with van der Waals surface area (Å²) in [7, 11) is 0. The Bertz CT molecular complexity index is 695. The molecule has 2 aromatic rings. The number of aryl methyl sites for hydroxylation is 1. The van der Waals surface area contributed by atoms with E-state index in [1.807, 2.05) is 12.1 Å². The molecule has 0 spiro atoms. The van der Waals surface area contributed by atoms with Gasteiger partial charge in [-0.1, -0.05) is 36.5 Å². The average molecular weight is 335 g/mol. The number of halogens is 1. The molecule has 7 heteroatoms. The maximum Gasteiger partial charge on any atom is 0.257 e. The number of carbonyl (C=O) groups is 1. The van der Waals surface area contributed by atoms with Crippen LogP contribution >= 0.6 is 22.9 Å². The van der Waals surface area contributed by atoms with Crippen molar-refractivity contribution in [2.24, 2.45) is 0 Å². The van der Waals surface area contributed by atoms with Gasteiger partial charge in [-0.25, -0.2) is 0 Å². The molecule has 22 heavy (non-hydrogen) atoms. The number of alkyl halides is 1. The van der Waals surface area contributed by atoms with Crippen molar-refractivity contribution in [2.75, 3.05) is 5.32 Å². The highest BCUT2D eigenvalue weighted by molar-refractivity contribution is 7.15. The van der Waals surface area contributed by atoms with Gasteiger partial charge in [0.15, 0.2) is 0 Å². The molecule has 1 N–H and O–H groups in total. The van der Waals surface area contributed by atoms with Crippen molar-refractivity contribution in [3.63, 3.8) is 0 Å². The number of aromatic nitrogens is 2. The molecule has 0 aliphatic rings. The lowest BCUT2D eigenvalue weighted by Gasteiger charge is -2.08. The molecule has 0 saturated carbocycles. The SMILES string of the molecule is CCCc1nnc(NC(=O)c2ccccc2CC(Cl)C#N)s1. The second kappa shape index (κ2) is 7.87. The van der Waals surface area contributed by atoms with Gasteiger partial charge in [0.25, 0.3) is 5.91 Å². The van der Waals surface area contributed by atoms with Gasteiger partial charge in [0.05, 0.1) is 6.07 Å². The van der Waals surface area contributed by atoms with Crippen LogP contribution in [0.2, 0.25) is 0 Å². The molecule has 2 rings (SSSR count). The summed E-state index contributed by atoms with van der Waals surface area (Å²) in [6.45, 7) is 2.06. The molecule has 1 unspecified atom stereocenters. The Kier molecular flexibility index (Phi) is 5.87. The first-order valence-corrected chi connectivity index (χ1v) is 8.14. The van der Waals surface area contributed by atoms with Gasteiger partial charge in [-0.3, -0.25) is 10.1 Å². The summed E-state index contributed by atoms with van der Waals surface area (Å²) in [5.41, 5.74) is 1.23. The molecule has 0 bridgehead atoms. The number of nitrogens with zero attached hydrogens (tertiary/aromatic N) is 3. The fourth-order valence-electron chi connectivity index (χ4n) is 1.94. The monoisotopic (exact) mass is 334 g/mol. The van der Waals surface area contributed by atoms with Gasteiger partial charge in [0, 0.05) is 18.4 Å². The van der Waals surface area contributed by atoms with Gasteiger partial charge in [-0.2, -0.15) is 5.26 Å². The van der Waals surface area contributed by atoms with E-state index < -0.39 is 5.38 Å². The zero-order chi connectivity index (χ0) is 15.9. The molecule has 114 valence electrons. The minimum Gasteiger partial charge on any atom is -0.296 e. The molecule has 0 aliphatic carbocycles. The van der Waals surface area contributed by atoms with Crippen LogP contribution in [0, 0.1) is 11.3 Å². The fraction of sp³-hybridized carbons (Fsp3) is 0.333. The topological polar surface area (TPSA) is 78.7 Å². The minimum atomic E-state index is -0.661. The summed E-state index contributed by atoms with van der Waals surface area (Å²) in [6, 6.07) is 9.06. The van der Waals surface area contributed by atoms with E-state index in [0.717, 1.165) is 23.4 Å². The quantitative estimate of drug-likeness (QED) is 0.821. The van der Waals surface area contributed by atoms with Crippen LogP contribution < -0.4 is 5.32 Å². The van der Waals surface area contributed by atoms with Crippen LogP contribution in [0.3, 0.4) is 0 Å². The largest absolute Gasteiger partial charge is 0.296 e. The van der Waals surface area contributed by atoms with Gasteiger partial charge in [-0.05, 0) is 18.1 Å². The third kappa shape index (κ3) is 4.26. The van der Waals surface area contributed by atoms with Crippen LogP contribution in [0.5, 0.6) is 0 Å². The van der Waals surface area contributed by atoms with E-state index in [4.69, 9.17) is 16.9 Å². The summed E-state index contributed by atoms with van der Waals surface area (Å²) in [5.74, 6) is -0.267. The highest BCUT2D eigenvalue weighted by Crippen LogP contribution is 2.19. The van der Waals surface area contributed by atoms with E-state index in [2.05, 4.69) is 22.4 Å². The molecule has 0 aliphatic heterocycles. The Labute approximate surface area is 137 Å². The number of anilines is 1. The summed E-state index contributed by atoms with van der Waals surface area (Å²) >= 11 is 7.23. The first-order chi connectivity index (χ1) is 10.6. The zero-order valence-corrected chi connectivity index (χ0v) is 13.6. The van der Waals surface area contributed by atoms with E-state index in [9.17, 15) is 4.79 Å². The molecule has 0 fully saturated rings. The van der Waals surface area contributed by atoms with E-state index in [1.165, 1.54) is 11.3 Å². The van der Waals surface area contributed by atoms with Crippen LogP contribution in [0.1, 0.15) is 34.3 Å². The lowest BCUT2D eigenvalue weighted by molar-refractivity contribution is 0.102. The molecule has 1 aromatic carbocycles. The summed E-state index contributed by atoms with van der Waals surface area (Å²) in [4.78, 5) is 12.4. The van der Waals surface area contributed by atoms with Crippen LogP contribution in [0.15, 0.2) is 24.3 Å². The molecular weight excluding hydrogens is 320 g/mol. The van der Waals surface area contributed by atoms with Crippen molar-refractivity contribution >= 4 is 34.0 Å². The Morgan fingerprint density at radius 1 is 1.45 bits per heavy atom. The lowest BCUT2D eigenvalue weighted by Crippen LogP contribution is -2.15. The summed E-state index contributed by atoms with van der Waals surface area (Å²) in [6.07, 6.45) is 2.15. The number of nitrogens with one attached hydrogen (secondary N) is 1. The number of hydrogen-bond acceptors (Lipinski definition) is 5. The highest BCUT2D eigenvalue weighted by atomic mass is 35.5. The summed E-state index contributed by atoms with van der Waals surface area (Å²) in [5, 5.41) is 20.3. The molecule has 1 atom stereocenters. The van der Waals surface area contributed by atoms with E-state index in [0.29, 0.717) is 17.1 Å². The number of amides is 1. The first kappa shape index (κ1) is 16.4. The predicted octanol–water partition coefficient (Wildman–Crippen LogP) is 3.42. The number of carbonyl (C=O) groups excluding carboxylic acids is 1. The van der Waals surface area contributed by atoms with Crippen LogP contribution in [0.4, 0.5) is 5.13 Å². The van der Waals surface area contributed by atoms with Crippen LogP contribution in [-0.2, 0) is 12.8 Å². The maximum atomic E-state index is 12.4. The molecule has 1 aromatic heterocycles. The third-order valence-corrected chi connectivity index (χ3v) is 4.10. The Hall–Kier alpha value is -1.97. The number of hydrogen-bond donors (Lipinski definition) is 1. The van der Waals surface area contributed by atoms with Crippen LogP contribution in [0.25, 0.3) is 0 Å². The average Bonchev–Trinajstić information content (AvgIpc) is 2.95. The number of rotatable bonds is 6. The van der Waals surface area contributed by atoms with Crippen molar-refractivity contribution < 1.29 is 4.79 Å². The molecular formula is C15H15ClN4OS. The van der Waals surface area contributed by atoms with Crippen molar-refractivity contribution in [3.05, 3.63) is 40.4 Å². The standard InChI is InChI=1S/C15H15ClN4OS/c1-2-5-13-19-20-15(22-13)18-14(21)12-7-4-3-6-10(12)8-11(16)9-17/h3-4,6-7,11H,2,5,8H2,1H3,(H,18,20,21). The molecule has 1 heterocycles. The molecule has 0 radical (unpaired) electrons. The normalized spacial score (nSPS) is 11.7. The van der Waals surface area contributed by atoms with Gasteiger partial charge >= 0.3 is 0 Å². The van der Waals surface area contributed by atoms with Gasteiger partial charge in [-0.15, -0.1) is 21.8 Å². The van der Waals surface area contributed by atoms with Gasteiger partial charge in [0.2, 0.25) is 5.13 Å². The smallest absolute Gasteiger partial charge is 0.257 e. The third-order valence-electron chi connectivity index (χ3n) is 2.95. The Morgan fingerprint density at radius 2 is 2.23 bits per heavy atom. The highest BCUT2D eigenvalue weighted by Gasteiger charge is 2.15.